The number of benzene rings is 1. The molecule has 0 aliphatic rings. The molecule has 0 aliphatic carbocycles. The van der Waals surface area contributed by atoms with Crippen LogP contribution in [0.25, 0.3) is 0 Å². The number of amides is 1. The van der Waals surface area contributed by atoms with E-state index in [1.54, 1.807) is 0 Å². The van der Waals surface area contributed by atoms with E-state index in [9.17, 15) is 4.79 Å². The van der Waals surface area contributed by atoms with Gasteiger partial charge < -0.3 is 11.1 Å². The van der Waals surface area contributed by atoms with Crippen molar-refractivity contribution in [2.75, 3.05) is 6.54 Å². The first kappa shape index (κ1) is 12.7. The molecule has 88 valence electrons. The van der Waals surface area contributed by atoms with Crippen molar-refractivity contribution < 1.29 is 4.79 Å². The predicted molar refractivity (Wildman–Crippen MR) is 66.0 cm³/mol. The van der Waals surface area contributed by atoms with Crippen molar-refractivity contribution in [3.05, 3.63) is 35.9 Å². The molecule has 1 unspecified atom stereocenters. The molecule has 0 heterocycles. The summed E-state index contributed by atoms with van der Waals surface area (Å²) in [6.45, 7) is 2.72. The smallest absolute Gasteiger partial charge is 0.224 e. The van der Waals surface area contributed by atoms with E-state index in [0.717, 1.165) is 18.4 Å². The van der Waals surface area contributed by atoms with Crippen LogP contribution in [-0.2, 0) is 11.2 Å². The quantitative estimate of drug-likeness (QED) is 0.763. The molecule has 3 heteroatoms. The number of carbonyl (C=O) groups is 1. The van der Waals surface area contributed by atoms with E-state index in [1.807, 2.05) is 30.3 Å². The summed E-state index contributed by atoms with van der Waals surface area (Å²) in [5.41, 5.74) is 6.80. The number of nitrogens with one attached hydrogen (secondary N) is 1. The highest BCUT2D eigenvalue weighted by molar-refractivity contribution is 5.78. The molecule has 3 nitrogen and oxygen atoms in total. The van der Waals surface area contributed by atoms with E-state index in [-0.39, 0.29) is 11.9 Å². The second-order valence-electron chi connectivity index (χ2n) is 3.97. The maximum atomic E-state index is 11.5. The van der Waals surface area contributed by atoms with Gasteiger partial charge in [-0.15, -0.1) is 0 Å². The van der Waals surface area contributed by atoms with Crippen molar-refractivity contribution in [1.82, 2.24) is 5.32 Å². The fraction of sp³-hybridized carbons (Fsp3) is 0.462. The van der Waals surface area contributed by atoms with Gasteiger partial charge in [0.1, 0.15) is 0 Å². The summed E-state index contributed by atoms with van der Waals surface area (Å²) < 4.78 is 0. The third kappa shape index (κ3) is 4.94. The molecule has 1 aromatic rings. The molecule has 0 spiro atoms. The van der Waals surface area contributed by atoms with E-state index in [0.29, 0.717) is 13.0 Å². The molecule has 0 bridgehead atoms. The summed E-state index contributed by atoms with van der Waals surface area (Å²) in [7, 11) is 0. The predicted octanol–water partition coefficient (Wildman–Crippen LogP) is 1.47. The highest BCUT2D eigenvalue weighted by Gasteiger charge is 2.03. The fourth-order valence-corrected chi connectivity index (χ4v) is 1.44. The van der Waals surface area contributed by atoms with Gasteiger partial charge in [-0.1, -0.05) is 37.3 Å². The van der Waals surface area contributed by atoms with Crippen molar-refractivity contribution >= 4 is 5.91 Å². The Morgan fingerprint density at radius 1 is 1.38 bits per heavy atom. The van der Waals surface area contributed by atoms with Crippen LogP contribution in [0.1, 0.15) is 25.3 Å². The van der Waals surface area contributed by atoms with Gasteiger partial charge in [0.15, 0.2) is 0 Å². The van der Waals surface area contributed by atoms with Crippen molar-refractivity contribution in [1.29, 1.82) is 0 Å². The number of rotatable bonds is 6. The van der Waals surface area contributed by atoms with Gasteiger partial charge in [-0.2, -0.15) is 0 Å². The third-order valence-corrected chi connectivity index (χ3v) is 2.57. The number of nitrogens with two attached hydrogens (primary N) is 1. The molecule has 0 aliphatic heterocycles. The molecular weight excluding hydrogens is 200 g/mol. The molecule has 1 atom stereocenters. The third-order valence-electron chi connectivity index (χ3n) is 2.57. The van der Waals surface area contributed by atoms with E-state index < -0.39 is 0 Å². The molecule has 0 fully saturated rings. The molecule has 0 saturated carbocycles. The van der Waals surface area contributed by atoms with Gasteiger partial charge in [0.2, 0.25) is 5.91 Å². The van der Waals surface area contributed by atoms with Crippen LogP contribution in [0.2, 0.25) is 0 Å². The van der Waals surface area contributed by atoms with E-state index in [1.165, 1.54) is 0 Å². The minimum Gasteiger partial charge on any atom is -0.356 e. The van der Waals surface area contributed by atoms with Crippen molar-refractivity contribution in [3.8, 4) is 0 Å². The average Bonchev–Trinajstić information content (AvgIpc) is 2.30. The van der Waals surface area contributed by atoms with Crippen LogP contribution < -0.4 is 11.1 Å². The van der Waals surface area contributed by atoms with Gasteiger partial charge in [0, 0.05) is 12.6 Å². The standard InChI is InChI=1S/C13H20N2O/c1-2-12(14)8-9-15-13(16)10-11-6-4-3-5-7-11/h3-7,12H,2,8-10,14H2,1H3,(H,15,16). The summed E-state index contributed by atoms with van der Waals surface area (Å²) in [5.74, 6) is 0.0644. The van der Waals surface area contributed by atoms with Gasteiger partial charge in [-0.25, -0.2) is 0 Å². The molecule has 16 heavy (non-hydrogen) atoms. The summed E-state index contributed by atoms with van der Waals surface area (Å²) in [6.07, 6.45) is 2.24. The largest absolute Gasteiger partial charge is 0.356 e. The second kappa shape index (κ2) is 7.01. The molecule has 0 aromatic heterocycles. The molecule has 1 amide bonds. The first-order valence-electron chi connectivity index (χ1n) is 5.78. The minimum atomic E-state index is 0.0644. The van der Waals surface area contributed by atoms with Crippen LogP contribution in [0.15, 0.2) is 30.3 Å². The lowest BCUT2D eigenvalue weighted by Gasteiger charge is -2.09. The van der Waals surface area contributed by atoms with Crippen molar-refractivity contribution in [2.24, 2.45) is 5.73 Å². The normalized spacial score (nSPS) is 12.1. The lowest BCUT2D eigenvalue weighted by atomic mass is 10.1. The van der Waals surface area contributed by atoms with Crippen LogP contribution in [0.3, 0.4) is 0 Å². The van der Waals surface area contributed by atoms with Gasteiger partial charge >= 0.3 is 0 Å². The monoisotopic (exact) mass is 220 g/mol. The Morgan fingerprint density at radius 3 is 2.69 bits per heavy atom. The van der Waals surface area contributed by atoms with E-state index >= 15 is 0 Å². The fourth-order valence-electron chi connectivity index (χ4n) is 1.44. The summed E-state index contributed by atoms with van der Waals surface area (Å²) in [5, 5.41) is 2.88. The minimum absolute atomic E-state index is 0.0644. The molecule has 3 N–H and O–H groups in total. The summed E-state index contributed by atoms with van der Waals surface area (Å²) >= 11 is 0. The number of hydrogen-bond acceptors (Lipinski definition) is 2. The molecule has 0 radical (unpaired) electrons. The number of carbonyl (C=O) groups excluding carboxylic acids is 1. The van der Waals surface area contributed by atoms with Crippen LogP contribution in [0.4, 0.5) is 0 Å². The highest BCUT2D eigenvalue weighted by atomic mass is 16.1. The van der Waals surface area contributed by atoms with E-state index in [2.05, 4.69) is 12.2 Å². The van der Waals surface area contributed by atoms with Crippen molar-refractivity contribution in [2.45, 2.75) is 32.2 Å². The Bertz CT molecular complexity index is 311. The lowest BCUT2D eigenvalue weighted by Crippen LogP contribution is -2.30. The topological polar surface area (TPSA) is 55.1 Å². The van der Waals surface area contributed by atoms with Gasteiger partial charge in [-0.3, -0.25) is 4.79 Å². The van der Waals surface area contributed by atoms with Gasteiger partial charge in [-0.05, 0) is 18.4 Å². The van der Waals surface area contributed by atoms with E-state index in [4.69, 9.17) is 5.73 Å². The zero-order chi connectivity index (χ0) is 11.8. The molecule has 0 saturated heterocycles. The summed E-state index contributed by atoms with van der Waals surface area (Å²) in [6, 6.07) is 9.93. The van der Waals surface area contributed by atoms with Gasteiger partial charge in [0.05, 0.1) is 6.42 Å². The summed E-state index contributed by atoms with van der Waals surface area (Å²) in [4.78, 5) is 11.5. The highest BCUT2D eigenvalue weighted by Crippen LogP contribution is 1.99. The molecule has 1 aromatic carbocycles. The van der Waals surface area contributed by atoms with Crippen molar-refractivity contribution in [3.63, 3.8) is 0 Å². The van der Waals surface area contributed by atoms with Crippen LogP contribution in [0, 0.1) is 0 Å². The Kier molecular flexibility index (Phi) is 5.57. The Hall–Kier alpha value is -1.35. The molecular formula is C13H20N2O. The Balaban J connectivity index is 2.21. The first-order valence-corrected chi connectivity index (χ1v) is 5.78. The zero-order valence-corrected chi connectivity index (χ0v) is 9.78. The maximum absolute atomic E-state index is 11.5. The Morgan fingerprint density at radius 2 is 2.06 bits per heavy atom. The average molecular weight is 220 g/mol. The maximum Gasteiger partial charge on any atom is 0.224 e. The Labute approximate surface area is 97.0 Å². The SMILES string of the molecule is CCC(N)CCNC(=O)Cc1ccccc1. The van der Waals surface area contributed by atoms with Gasteiger partial charge in [0.25, 0.3) is 0 Å². The van der Waals surface area contributed by atoms with Crippen LogP contribution in [0.5, 0.6) is 0 Å². The zero-order valence-electron chi connectivity index (χ0n) is 9.78. The number of hydrogen-bond donors (Lipinski definition) is 2. The first-order chi connectivity index (χ1) is 7.72. The second-order valence-corrected chi connectivity index (χ2v) is 3.97. The van der Waals surface area contributed by atoms with Crippen LogP contribution >= 0.6 is 0 Å². The lowest BCUT2D eigenvalue weighted by molar-refractivity contribution is -0.120. The molecule has 1 rings (SSSR count). The van der Waals surface area contributed by atoms with Crippen LogP contribution in [-0.4, -0.2) is 18.5 Å².